The monoisotopic (exact) mass is 623 g/mol. The lowest BCUT2D eigenvalue weighted by atomic mass is 10.1. The summed E-state index contributed by atoms with van der Waals surface area (Å²) in [7, 11) is 0. The minimum absolute atomic E-state index is 0.0717. The Hall–Kier alpha value is -5.94. The van der Waals surface area contributed by atoms with Crippen molar-refractivity contribution in [3.8, 4) is 5.75 Å². The Bertz CT molecular complexity index is 2210. The van der Waals surface area contributed by atoms with Gasteiger partial charge in [0, 0.05) is 16.2 Å². The van der Waals surface area contributed by atoms with E-state index >= 15 is 0 Å². The molecular formula is C29H17N7O8S. The number of aromatic hydroxyl groups is 1. The van der Waals surface area contributed by atoms with Crippen molar-refractivity contribution in [2.45, 2.75) is 4.90 Å². The lowest BCUT2D eigenvalue weighted by Gasteiger charge is -2.08. The summed E-state index contributed by atoms with van der Waals surface area (Å²) in [4.78, 5) is 36.9. The zero-order chi connectivity index (χ0) is 31.5. The summed E-state index contributed by atoms with van der Waals surface area (Å²) in [6.45, 7) is 0. The number of carbonyl (C=O) groups is 2. The van der Waals surface area contributed by atoms with E-state index in [-0.39, 0.29) is 33.5 Å². The van der Waals surface area contributed by atoms with Crippen molar-refractivity contribution in [2.75, 3.05) is 0 Å². The number of benzene rings is 3. The molecule has 15 nitrogen and oxygen atoms in total. The number of azo groups is 2. The molecule has 3 aromatic carbocycles. The van der Waals surface area contributed by atoms with Crippen molar-refractivity contribution in [2.24, 2.45) is 20.5 Å². The van der Waals surface area contributed by atoms with E-state index in [4.69, 9.17) is 5.26 Å². The molecule has 0 unspecified atom stereocenters. The van der Waals surface area contributed by atoms with Gasteiger partial charge in [-0.05, 0) is 48.5 Å². The summed E-state index contributed by atoms with van der Waals surface area (Å²) >= 11 is 0.777. The number of carboxylic acid groups (broad SMARTS) is 2. The summed E-state index contributed by atoms with van der Waals surface area (Å²) < 4.78 is 4.51. The number of aromatic carboxylic acids is 2. The number of carboxylic acids is 2. The van der Waals surface area contributed by atoms with Gasteiger partial charge in [0.05, 0.1) is 39.9 Å². The zero-order valence-electron chi connectivity index (χ0n) is 22.5. The van der Waals surface area contributed by atoms with Gasteiger partial charge in [-0.1, -0.05) is 29.3 Å². The number of hydrogen-bond donors (Lipinski definition) is 4. The van der Waals surface area contributed by atoms with E-state index in [9.17, 15) is 24.9 Å². The van der Waals surface area contributed by atoms with Crippen molar-refractivity contribution in [1.82, 2.24) is 15.0 Å². The van der Waals surface area contributed by atoms with Crippen LogP contribution in [0.3, 0.4) is 0 Å². The Kier molecular flexibility index (Phi) is 8.00. The highest BCUT2D eigenvalue weighted by Crippen LogP contribution is 2.39. The fourth-order valence-electron chi connectivity index (χ4n) is 4.41. The average molecular weight is 624 g/mol. The maximum atomic E-state index is 11.9. The third-order valence-corrected chi connectivity index (χ3v) is 7.06. The number of rotatable bonds is 9. The van der Waals surface area contributed by atoms with E-state index in [1.165, 1.54) is 24.4 Å². The normalized spacial score (nSPS) is 11.8. The smallest absolute Gasteiger partial charge is 0.357 e. The number of aromatic nitrogens is 3. The lowest BCUT2D eigenvalue weighted by molar-refractivity contribution is -0.432. The summed E-state index contributed by atoms with van der Waals surface area (Å²) in [5.41, 5.74) is 0.517. The van der Waals surface area contributed by atoms with Crippen LogP contribution in [0.4, 0.5) is 22.7 Å². The molecule has 0 bridgehead atoms. The molecule has 4 N–H and O–H groups in total. The Morgan fingerprint density at radius 1 is 0.778 bits per heavy atom. The van der Waals surface area contributed by atoms with E-state index in [2.05, 4.69) is 44.8 Å². The van der Waals surface area contributed by atoms with E-state index in [1.807, 2.05) is 0 Å². The molecule has 0 spiro atoms. The third-order valence-electron chi connectivity index (χ3n) is 6.42. The van der Waals surface area contributed by atoms with Crippen LogP contribution in [0.5, 0.6) is 5.75 Å². The van der Waals surface area contributed by atoms with Gasteiger partial charge in [0.15, 0.2) is 17.1 Å². The first kappa shape index (κ1) is 29.1. The molecule has 3 aromatic heterocycles. The number of para-hydroxylation sites is 2. The van der Waals surface area contributed by atoms with Gasteiger partial charge in [0.25, 0.3) is 0 Å². The van der Waals surface area contributed by atoms with Gasteiger partial charge >= 0.3 is 11.9 Å². The van der Waals surface area contributed by atoms with E-state index in [0.717, 1.165) is 12.0 Å². The SMILES string of the molecule is O=C(O)c1ccc2c(/N=N/c3cnc4c(SOOO)cccc4c3)ccc(/N=N/c3c(C(=O)O)nc4ccccc4c3O)c2n1. The predicted octanol–water partition coefficient (Wildman–Crippen LogP) is 7.69. The van der Waals surface area contributed by atoms with Crippen molar-refractivity contribution in [3.63, 3.8) is 0 Å². The molecule has 6 rings (SSSR count). The Morgan fingerprint density at radius 3 is 2.38 bits per heavy atom. The average Bonchev–Trinajstić information content (AvgIpc) is 3.05. The first-order valence-electron chi connectivity index (χ1n) is 12.7. The second kappa shape index (κ2) is 12.3. The molecule has 0 saturated carbocycles. The van der Waals surface area contributed by atoms with Gasteiger partial charge in [0.2, 0.25) is 0 Å². The van der Waals surface area contributed by atoms with Crippen LogP contribution < -0.4 is 0 Å². The molecular weight excluding hydrogens is 606 g/mol. The van der Waals surface area contributed by atoms with Crippen LogP contribution in [-0.2, 0) is 9.37 Å². The molecule has 222 valence electrons. The number of pyridine rings is 3. The van der Waals surface area contributed by atoms with Crippen LogP contribution in [0.25, 0.3) is 32.7 Å². The number of fused-ring (bicyclic) bond motifs is 3. The van der Waals surface area contributed by atoms with E-state index in [1.54, 1.807) is 54.6 Å². The van der Waals surface area contributed by atoms with Crippen molar-refractivity contribution >= 4 is 79.4 Å². The van der Waals surface area contributed by atoms with Crippen LogP contribution in [0.1, 0.15) is 21.0 Å². The largest absolute Gasteiger partial charge is 0.505 e. The van der Waals surface area contributed by atoms with Gasteiger partial charge in [-0.3, -0.25) is 4.98 Å². The molecule has 0 aliphatic carbocycles. The minimum Gasteiger partial charge on any atom is -0.505 e. The van der Waals surface area contributed by atoms with Gasteiger partial charge in [-0.2, -0.15) is 0 Å². The maximum absolute atomic E-state index is 11.9. The highest BCUT2D eigenvalue weighted by molar-refractivity contribution is 7.94. The standard InChI is InChI=1S/C29H17N7O8S/c37-27-17-5-1-2-6-18(17)31-26(29(40)41)25(27)36-35-20-11-10-19(16-8-9-21(28(38)39)32-24(16)20)34-33-15-12-14-4-3-7-22(45-44-43-42)23(14)30-13-15/h1-13,42H,(H,31,37)(H,38,39)(H,40,41)/b34-33+,36-35+. The summed E-state index contributed by atoms with van der Waals surface area (Å²) in [6, 6.07) is 19.2. The molecule has 0 atom stereocenters. The fraction of sp³-hybridized carbons (Fsp3) is 0. The van der Waals surface area contributed by atoms with Crippen molar-refractivity contribution < 1.29 is 39.5 Å². The number of nitrogens with zero attached hydrogens (tertiary/aromatic N) is 7. The minimum atomic E-state index is -1.43. The molecule has 0 amide bonds. The zero-order valence-corrected chi connectivity index (χ0v) is 23.3. The van der Waals surface area contributed by atoms with Gasteiger partial charge in [0.1, 0.15) is 22.6 Å². The van der Waals surface area contributed by atoms with Crippen LogP contribution >= 0.6 is 12.0 Å². The second-order valence-electron chi connectivity index (χ2n) is 9.13. The maximum Gasteiger partial charge on any atom is 0.357 e. The fourth-order valence-corrected chi connectivity index (χ4v) is 4.90. The molecule has 0 saturated heterocycles. The van der Waals surface area contributed by atoms with Crippen LogP contribution in [0, 0.1) is 0 Å². The van der Waals surface area contributed by atoms with Crippen molar-refractivity contribution in [1.29, 1.82) is 0 Å². The molecule has 6 aromatic rings. The topological polar surface area (TPSA) is 222 Å². The highest BCUT2D eigenvalue weighted by Gasteiger charge is 2.20. The summed E-state index contributed by atoms with van der Waals surface area (Å²) in [6.07, 6.45) is 1.48. The lowest BCUT2D eigenvalue weighted by Crippen LogP contribution is -2.01. The van der Waals surface area contributed by atoms with E-state index in [0.29, 0.717) is 32.6 Å². The molecule has 45 heavy (non-hydrogen) atoms. The molecule has 0 aliphatic heterocycles. The van der Waals surface area contributed by atoms with Gasteiger partial charge < -0.3 is 15.3 Å². The Balaban J connectivity index is 1.41. The van der Waals surface area contributed by atoms with E-state index < -0.39 is 23.4 Å². The first-order valence-corrected chi connectivity index (χ1v) is 13.5. The molecule has 0 radical (unpaired) electrons. The predicted molar refractivity (Wildman–Crippen MR) is 160 cm³/mol. The Labute approximate surface area is 255 Å². The third kappa shape index (κ3) is 5.84. The van der Waals surface area contributed by atoms with Crippen molar-refractivity contribution in [3.05, 3.63) is 90.4 Å². The first-order chi connectivity index (χ1) is 21.8. The highest BCUT2D eigenvalue weighted by atomic mass is 32.2. The Morgan fingerprint density at radius 2 is 1.58 bits per heavy atom. The number of hydrogen-bond acceptors (Lipinski definition) is 14. The molecule has 0 aliphatic rings. The molecule has 0 fully saturated rings. The molecule has 16 heteroatoms. The quantitative estimate of drug-likeness (QED) is 0.0526. The van der Waals surface area contributed by atoms with Crippen LogP contribution in [-0.4, -0.2) is 47.5 Å². The van der Waals surface area contributed by atoms with Crippen LogP contribution in [0.2, 0.25) is 0 Å². The molecule has 3 heterocycles. The second-order valence-corrected chi connectivity index (χ2v) is 9.87. The van der Waals surface area contributed by atoms with Gasteiger partial charge in [-0.25, -0.2) is 24.8 Å². The van der Waals surface area contributed by atoms with Crippen LogP contribution in [0.15, 0.2) is 104 Å². The summed E-state index contributed by atoms with van der Waals surface area (Å²) in [5, 5.41) is 60.3. The summed E-state index contributed by atoms with van der Waals surface area (Å²) in [5.74, 6) is -3.14. The van der Waals surface area contributed by atoms with Gasteiger partial charge in [-0.15, -0.1) is 24.8 Å².